The van der Waals surface area contributed by atoms with Crippen LogP contribution in [0.1, 0.15) is 11.1 Å². The van der Waals surface area contributed by atoms with Crippen LogP contribution in [0.25, 0.3) is 44.8 Å². The van der Waals surface area contributed by atoms with Crippen LogP contribution < -0.4 is 0 Å². The largest absolute Gasteiger partial charge is 0.305 e. The number of rotatable bonds is 4. The van der Waals surface area contributed by atoms with Gasteiger partial charge < -0.3 is 4.98 Å². The van der Waals surface area contributed by atoms with Gasteiger partial charge in [0.1, 0.15) is 6.33 Å². The van der Waals surface area contributed by atoms with E-state index >= 15 is 0 Å². The van der Waals surface area contributed by atoms with Gasteiger partial charge in [-0.25, -0.2) is 4.98 Å². The quantitative estimate of drug-likeness (QED) is 0.175. The molecule has 3 nitrogen and oxygen atoms in total. The molecule has 0 aliphatic heterocycles. The molecule has 0 aliphatic carbocycles. The van der Waals surface area contributed by atoms with Crippen LogP contribution in [0.2, 0.25) is 0 Å². The number of hydrogen-bond donors (Lipinski definition) is 0. The van der Waals surface area contributed by atoms with Crippen molar-refractivity contribution < 1.29 is 20.1 Å². The van der Waals surface area contributed by atoms with Crippen molar-refractivity contribution in [2.75, 3.05) is 0 Å². The normalized spacial score (nSPS) is 10.1. The number of aryl methyl sites for hydroxylation is 2. The Balaban J connectivity index is 0.000000228. The summed E-state index contributed by atoms with van der Waals surface area (Å²) < 4.78 is 0. The minimum atomic E-state index is 0. The van der Waals surface area contributed by atoms with Gasteiger partial charge in [-0.3, -0.25) is 4.98 Å². The summed E-state index contributed by atoms with van der Waals surface area (Å²) in [7, 11) is 0. The molecule has 0 saturated heterocycles. The molecule has 2 heterocycles. The van der Waals surface area contributed by atoms with Crippen molar-refractivity contribution in [3.05, 3.63) is 151 Å². The van der Waals surface area contributed by atoms with E-state index in [2.05, 4.69) is 95.5 Å². The molecule has 0 bridgehead atoms. The second-order valence-corrected chi connectivity index (χ2v) is 8.89. The molecule has 0 fully saturated rings. The SMILES string of the molecule is Cc1cccc(C)c1-c1ccccc1-c1cc[c-]c(-c2ccccn2)c1.[Ir].[c-]1ccccc1-c1ccncn1. The fraction of sp³-hybridized carbons (Fsp3) is 0.0571. The van der Waals surface area contributed by atoms with Gasteiger partial charge in [-0.2, -0.15) is 0 Å². The van der Waals surface area contributed by atoms with E-state index < -0.39 is 0 Å². The maximum atomic E-state index is 4.46. The van der Waals surface area contributed by atoms with E-state index in [1.54, 1.807) is 6.20 Å². The third-order valence-electron chi connectivity index (χ3n) is 6.30. The fourth-order valence-electron chi connectivity index (χ4n) is 4.50. The molecule has 4 aromatic carbocycles. The summed E-state index contributed by atoms with van der Waals surface area (Å²) in [5, 5.41) is 0. The average molecular weight is 682 g/mol. The second-order valence-electron chi connectivity index (χ2n) is 8.89. The van der Waals surface area contributed by atoms with E-state index in [-0.39, 0.29) is 20.1 Å². The van der Waals surface area contributed by atoms with Crippen LogP contribution in [-0.2, 0) is 20.1 Å². The topological polar surface area (TPSA) is 38.7 Å². The van der Waals surface area contributed by atoms with Gasteiger partial charge >= 0.3 is 0 Å². The third kappa shape index (κ3) is 6.80. The molecule has 0 amide bonds. The van der Waals surface area contributed by atoms with Crippen LogP contribution in [-0.4, -0.2) is 15.0 Å². The van der Waals surface area contributed by atoms with Crippen LogP contribution in [0.3, 0.4) is 0 Å². The van der Waals surface area contributed by atoms with Crippen molar-refractivity contribution in [1.82, 2.24) is 15.0 Å². The van der Waals surface area contributed by atoms with E-state index in [0.29, 0.717) is 0 Å². The molecule has 0 saturated carbocycles. The van der Waals surface area contributed by atoms with Crippen molar-refractivity contribution in [3.8, 4) is 44.8 Å². The number of pyridine rings is 1. The third-order valence-corrected chi connectivity index (χ3v) is 6.30. The first kappa shape index (κ1) is 27.8. The Morgan fingerprint density at radius 2 is 1.28 bits per heavy atom. The van der Waals surface area contributed by atoms with Gasteiger partial charge in [0, 0.05) is 32.5 Å². The molecule has 0 spiro atoms. The smallest absolute Gasteiger partial charge is 0.105 e. The molecule has 0 aliphatic rings. The molecule has 6 rings (SSSR count). The van der Waals surface area contributed by atoms with Gasteiger partial charge in [0.25, 0.3) is 0 Å². The van der Waals surface area contributed by atoms with E-state index in [4.69, 9.17) is 0 Å². The molecular weight excluding hydrogens is 655 g/mol. The summed E-state index contributed by atoms with van der Waals surface area (Å²) in [6.07, 6.45) is 5.08. The van der Waals surface area contributed by atoms with Crippen molar-refractivity contribution in [2.45, 2.75) is 13.8 Å². The van der Waals surface area contributed by atoms with Crippen LogP contribution in [0.4, 0.5) is 0 Å². The molecule has 0 unspecified atom stereocenters. The summed E-state index contributed by atoms with van der Waals surface area (Å²) in [5.74, 6) is 0. The fourth-order valence-corrected chi connectivity index (χ4v) is 4.50. The summed E-state index contributed by atoms with van der Waals surface area (Å²) in [6.45, 7) is 4.36. The zero-order valence-corrected chi connectivity index (χ0v) is 24.2. The van der Waals surface area contributed by atoms with Crippen molar-refractivity contribution >= 4 is 0 Å². The van der Waals surface area contributed by atoms with Crippen molar-refractivity contribution in [2.24, 2.45) is 0 Å². The number of hydrogen-bond acceptors (Lipinski definition) is 3. The van der Waals surface area contributed by atoms with Gasteiger partial charge in [0.2, 0.25) is 0 Å². The first-order chi connectivity index (χ1) is 18.7. The van der Waals surface area contributed by atoms with Crippen LogP contribution in [0.5, 0.6) is 0 Å². The molecule has 39 heavy (non-hydrogen) atoms. The van der Waals surface area contributed by atoms with E-state index in [1.807, 2.05) is 60.8 Å². The zero-order valence-electron chi connectivity index (χ0n) is 21.8. The molecule has 0 atom stereocenters. The summed E-state index contributed by atoms with van der Waals surface area (Å²) in [5.41, 5.74) is 11.5. The molecule has 0 N–H and O–H groups in total. The monoisotopic (exact) mass is 682 g/mol. The van der Waals surface area contributed by atoms with Crippen LogP contribution in [0, 0.1) is 26.0 Å². The van der Waals surface area contributed by atoms with Gasteiger partial charge in [-0.05, 0) is 59.1 Å². The first-order valence-electron chi connectivity index (χ1n) is 12.5. The van der Waals surface area contributed by atoms with Gasteiger partial charge in [0.15, 0.2) is 0 Å². The maximum Gasteiger partial charge on any atom is 0.105 e. The predicted octanol–water partition coefficient (Wildman–Crippen LogP) is 8.44. The Kier molecular flexibility index (Phi) is 9.63. The summed E-state index contributed by atoms with van der Waals surface area (Å²) >= 11 is 0. The van der Waals surface area contributed by atoms with E-state index in [1.165, 1.54) is 39.7 Å². The zero-order chi connectivity index (χ0) is 26.2. The maximum absolute atomic E-state index is 4.46. The van der Waals surface area contributed by atoms with Gasteiger partial charge in [-0.1, -0.05) is 60.7 Å². The standard InChI is InChI=1S/C25H20N.C10H7N2.Ir/c1-18-9-7-10-19(2)25(18)23-14-4-3-13-22(23)20-11-8-12-21(17-20)24-15-5-6-16-26-24;1-2-4-9(5-3-1)10-6-7-11-8-12-10;/h3-11,13-17H,1-2H3;1-4,6-8H;/q2*-1;. The minimum Gasteiger partial charge on any atom is -0.305 e. The average Bonchev–Trinajstić information content (AvgIpc) is 2.99. The minimum absolute atomic E-state index is 0. The summed E-state index contributed by atoms with van der Waals surface area (Å²) in [6, 6.07) is 43.4. The van der Waals surface area contributed by atoms with Gasteiger partial charge in [0.05, 0.1) is 0 Å². The van der Waals surface area contributed by atoms with Crippen LogP contribution in [0.15, 0.2) is 128 Å². The number of benzene rings is 4. The van der Waals surface area contributed by atoms with E-state index in [9.17, 15) is 0 Å². The molecular formula is C35H27IrN3-2. The van der Waals surface area contributed by atoms with Gasteiger partial charge in [-0.15, -0.1) is 71.3 Å². The Labute approximate surface area is 244 Å². The van der Waals surface area contributed by atoms with Crippen molar-refractivity contribution in [3.63, 3.8) is 0 Å². The number of nitrogens with zero attached hydrogens (tertiary/aromatic N) is 3. The Morgan fingerprint density at radius 1 is 0.564 bits per heavy atom. The Bertz CT molecular complexity index is 1560. The molecule has 2 aromatic heterocycles. The van der Waals surface area contributed by atoms with E-state index in [0.717, 1.165) is 22.5 Å². The number of aromatic nitrogens is 3. The summed E-state index contributed by atoms with van der Waals surface area (Å²) in [4.78, 5) is 12.4. The molecule has 1 radical (unpaired) electrons. The predicted molar refractivity (Wildman–Crippen MR) is 155 cm³/mol. The van der Waals surface area contributed by atoms with Crippen LogP contribution >= 0.6 is 0 Å². The second kappa shape index (κ2) is 13.5. The molecule has 193 valence electrons. The molecule has 6 aromatic rings. The van der Waals surface area contributed by atoms with Crippen molar-refractivity contribution in [1.29, 1.82) is 0 Å². The Hall–Kier alpha value is -4.24. The Morgan fingerprint density at radius 3 is 1.97 bits per heavy atom. The first-order valence-corrected chi connectivity index (χ1v) is 12.5. The molecule has 4 heteroatoms.